The van der Waals surface area contributed by atoms with Crippen LogP contribution in [-0.2, 0) is 4.79 Å². The number of methoxy groups -OCH3 is 1. The third-order valence-electron chi connectivity index (χ3n) is 3.49. The molecule has 5 heteroatoms. The summed E-state index contributed by atoms with van der Waals surface area (Å²) in [6.45, 7) is 0. The SMILES string of the molecule is COc1ccc(NC(=O)C(=S)NC2CCCCC2)cc1. The van der Waals surface area contributed by atoms with Gasteiger partial charge in [-0.05, 0) is 37.1 Å². The number of hydrogen-bond acceptors (Lipinski definition) is 3. The normalized spacial score (nSPS) is 15.4. The molecule has 20 heavy (non-hydrogen) atoms. The first kappa shape index (κ1) is 14.8. The van der Waals surface area contributed by atoms with Crippen LogP contribution < -0.4 is 15.4 Å². The van der Waals surface area contributed by atoms with Crippen molar-refractivity contribution in [3.05, 3.63) is 24.3 Å². The van der Waals surface area contributed by atoms with Gasteiger partial charge in [-0.2, -0.15) is 0 Å². The van der Waals surface area contributed by atoms with Crippen LogP contribution in [-0.4, -0.2) is 24.0 Å². The lowest BCUT2D eigenvalue weighted by Crippen LogP contribution is -2.41. The van der Waals surface area contributed by atoms with Crippen molar-refractivity contribution >= 4 is 28.8 Å². The molecule has 2 rings (SSSR count). The van der Waals surface area contributed by atoms with Crippen molar-refractivity contribution in [2.45, 2.75) is 38.1 Å². The van der Waals surface area contributed by atoms with Crippen molar-refractivity contribution in [3.63, 3.8) is 0 Å². The Morgan fingerprint density at radius 3 is 2.45 bits per heavy atom. The van der Waals surface area contributed by atoms with E-state index in [1.807, 2.05) is 0 Å². The minimum Gasteiger partial charge on any atom is -0.497 e. The molecule has 0 bridgehead atoms. The topological polar surface area (TPSA) is 50.4 Å². The third-order valence-corrected chi connectivity index (χ3v) is 3.80. The number of amides is 1. The molecule has 1 saturated carbocycles. The molecule has 1 aromatic carbocycles. The van der Waals surface area contributed by atoms with Crippen molar-refractivity contribution in [3.8, 4) is 5.75 Å². The van der Waals surface area contributed by atoms with E-state index in [0.29, 0.717) is 11.7 Å². The summed E-state index contributed by atoms with van der Waals surface area (Å²) in [4.78, 5) is 12.3. The maximum Gasteiger partial charge on any atom is 0.283 e. The van der Waals surface area contributed by atoms with Crippen LogP contribution in [0.1, 0.15) is 32.1 Å². The van der Waals surface area contributed by atoms with Crippen LogP contribution in [0, 0.1) is 0 Å². The molecule has 1 aromatic rings. The molecule has 0 atom stereocenters. The Labute approximate surface area is 124 Å². The number of rotatable bonds is 3. The molecule has 1 aliphatic carbocycles. The fourth-order valence-electron chi connectivity index (χ4n) is 2.36. The Hall–Kier alpha value is -1.62. The van der Waals surface area contributed by atoms with Gasteiger partial charge in [-0.3, -0.25) is 4.79 Å². The second-order valence-electron chi connectivity index (χ2n) is 4.99. The summed E-state index contributed by atoms with van der Waals surface area (Å²) >= 11 is 5.16. The van der Waals surface area contributed by atoms with E-state index in [9.17, 15) is 4.79 Å². The molecule has 4 nitrogen and oxygen atoms in total. The number of carbonyl (C=O) groups excluding carboxylic acids is 1. The van der Waals surface area contributed by atoms with Gasteiger partial charge in [0.1, 0.15) is 5.75 Å². The lowest BCUT2D eigenvalue weighted by molar-refractivity contribution is -0.110. The van der Waals surface area contributed by atoms with E-state index >= 15 is 0 Å². The zero-order chi connectivity index (χ0) is 14.4. The predicted molar refractivity (Wildman–Crippen MR) is 84.2 cm³/mol. The summed E-state index contributed by atoms with van der Waals surface area (Å²) in [5, 5.41) is 5.94. The molecule has 0 unspecified atom stereocenters. The van der Waals surface area contributed by atoms with E-state index in [0.717, 1.165) is 18.6 Å². The number of thiocarbonyl (C=S) groups is 1. The average Bonchev–Trinajstić information content (AvgIpc) is 2.49. The van der Waals surface area contributed by atoms with Gasteiger partial charge in [0.25, 0.3) is 5.91 Å². The summed E-state index contributed by atoms with van der Waals surface area (Å²) in [6, 6.07) is 7.53. The molecule has 0 aromatic heterocycles. The Bertz CT molecular complexity index is 467. The van der Waals surface area contributed by atoms with E-state index in [1.165, 1.54) is 19.3 Å². The number of nitrogens with one attached hydrogen (secondary N) is 2. The molecule has 1 aliphatic rings. The molecule has 108 valence electrons. The van der Waals surface area contributed by atoms with Crippen molar-refractivity contribution < 1.29 is 9.53 Å². The minimum absolute atomic E-state index is 0.254. The summed E-state index contributed by atoms with van der Waals surface area (Å²) in [5.41, 5.74) is 0.712. The average molecular weight is 292 g/mol. The fourth-order valence-corrected chi connectivity index (χ4v) is 2.58. The van der Waals surface area contributed by atoms with Gasteiger partial charge in [-0.15, -0.1) is 0 Å². The Morgan fingerprint density at radius 2 is 1.85 bits per heavy atom. The van der Waals surface area contributed by atoms with E-state index in [1.54, 1.807) is 31.4 Å². The molecule has 0 spiro atoms. The van der Waals surface area contributed by atoms with Gasteiger partial charge < -0.3 is 15.4 Å². The number of carbonyl (C=O) groups is 1. The van der Waals surface area contributed by atoms with E-state index in [2.05, 4.69) is 10.6 Å². The van der Waals surface area contributed by atoms with Gasteiger partial charge in [-0.25, -0.2) is 0 Å². The number of benzene rings is 1. The number of anilines is 1. The Morgan fingerprint density at radius 1 is 1.20 bits per heavy atom. The van der Waals surface area contributed by atoms with E-state index in [-0.39, 0.29) is 10.9 Å². The molecule has 0 aliphatic heterocycles. The van der Waals surface area contributed by atoms with E-state index in [4.69, 9.17) is 17.0 Å². The van der Waals surface area contributed by atoms with Crippen molar-refractivity contribution in [2.24, 2.45) is 0 Å². The largest absolute Gasteiger partial charge is 0.497 e. The van der Waals surface area contributed by atoms with Crippen LogP contribution in [0.5, 0.6) is 5.75 Å². The van der Waals surface area contributed by atoms with E-state index < -0.39 is 0 Å². The molecular weight excluding hydrogens is 272 g/mol. The Balaban J connectivity index is 1.84. The predicted octanol–water partition coefficient (Wildman–Crippen LogP) is 2.88. The van der Waals surface area contributed by atoms with Crippen LogP contribution >= 0.6 is 12.2 Å². The lowest BCUT2D eigenvalue weighted by atomic mass is 9.95. The smallest absolute Gasteiger partial charge is 0.283 e. The first-order valence-electron chi connectivity index (χ1n) is 6.95. The monoisotopic (exact) mass is 292 g/mol. The van der Waals surface area contributed by atoms with Gasteiger partial charge in [0.2, 0.25) is 0 Å². The molecular formula is C15H20N2O2S. The van der Waals surface area contributed by atoms with Crippen LogP contribution in [0.3, 0.4) is 0 Å². The zero-order valence-electron chi connectivity index (χ0n) is 11.6. The van der Waals surface area contributed by atoms with Gasteiger partial charge >= 0.3 is 0 Å². The maximum atomic E-state index is 12.0. The fraction of sp³-hybridized carbons (Fsp3) is 0.467. The van der Waals surface area contributed by atoms with Crippen LogP contribution in [0.2, 0.25) is 0 Å². The zero-order valence-corrected chi connectivity index (χ0v) is 12.5. The van der Waals surface area contributed by atoms with Gasteiger partial charge in [0, 0.05) is 11.7 Å². The summed E-state index contributed by atoms with van der Waals surface area (Å²) in [6.07, 6.45) is 5.88. The summed E-state index contributed by atoms with van der Waals surface area (Å²) in [5.74, 6) is 0.502. The Kier molecular flexibility index (Phi) is 5.35. The van der Waals surface area contributed by atoms with Gasteiger partial charge in [0.15, 0.2) is 4.99 Å². The van der Waals surface area contributed by atoms with Crippen LogP contribution in [0.15, 0.2) is 24.3 Å². The van der Waals surface area contributed by atoms with Crippen LogP contribution in [0.4, 0.5) is 5.69 Å². The van der Waals surface area contributed by atoms with Crippen molar-refractivity contribution in [1.29, 1.82) is 0 Å². The molecule has 1 fully saturated rings. The molecule has 1 amide bonds. The standard InChI is InChI=1S/C15H20N2O2S/c1-19-13-9-7-12(8-10-13)16-14(18)15(20)17-11-5-3-2-4-6-11/h7-11H,2-6H2,1H3,(H,16,18)(H,17,20). The van der Waals surface area contributed by atoms with Gasteiger partial charge in [-0.1, -0.05) is 31.5 Å². The van der Waals surface area contributed by atoms with Crippen molar-refractivity contribution in [2.75, 3.05) is 12.4 Å². The highest BCUT2D eigenvalue weighted by Crippen LogP contribution is 2.18. The quantitative estimate of drug-likeness (QED) is 0.841. The highest BCUT2D eigenvalue weighted by atomic mass is 32.1. The molecule has 0 heterocycles. The first-order valence-corrected chi connectivity index (χ1v) is 7.36. The van der Waals surface area contributed by atoms with Crippen LogP contribution in [0.25, 0.3) is 0 Å². The highest BCUT2D eigenvalue weighted by Gasteiger charge is 2.17. The number of hydrogen-bond donors (Lipinski definition) is 2. The molecule has 2 N–H and O–H groups in total. The van der Waals surface area contributed by atoms with Crippen molar-refractivity contribution in [1.82, 2.24) is 5.32 Å². The highest BCUT2D eigenvalue weighted by molar-refractivity contribution is 7.82. The second kappa shape index (κ2) is 7.24. The first-order chi connectivity index (χ1) is 9.69. The lowest BCUT2D eigenvalue weighted by Gasteiger charge is -2.23. The van der Waals surface area contributed by atoms with Gasteiger partial charge in [0.05, 0.1) is 7.11 Å². The number of ether oxygens (including phenoxy) is 1. The third kappa shape index (κ3) is 4.20. The summed E-state index contributed by atoms with van der Waals surface area (Å²) in [7, 11) is 1.61. The second-order valence-corrected chi connectivity index (χ2v) is 5.40. The maximum absolute atomic E-state index is 12.0. The minimum atomic E-state index is -0.254. The molecule has 0 radical (unpaired) electrons. The molecule has 0 saturated heterocycles. The summed E-state index contributed by atoms with van der Waals surface area (Å²) < 4.78 is 5.07.